The van der Waals surface area contributed by atoms with Crippen LogP contribution in [0.3, 0.4) is 0 Å². The van der Waals surface area contributed by atoms with E-state index in [1.54, 1.807) is 62.3 Å². The minimum atomic E-state index is -0.806. The van der Waals surface area contributed by atoms with E-state index >= 15 is 0 Å². The molecule has 2 unspecified atom stereocenters. The Kier molecular flexibility index (Phi) is 16.2. The third-order valence-electron chi connectivity index (χ3n) is 6.27. The molecule has 1 rings (SSSR count). The first-order chi connectivity index (χ1) is 21.2. The average molecular weight is 650 g/mol. The van der Waals surface area contributed by atoms with Crippen molar-refractivity contribution in [3.8, 4) is 0 Å². The molecule has 1 aromatic carbocycles. The Labute approximate surface area is 274 Å². The number of nitrogens with one attached hydrogen (secondary N) is 1. The van der Waals surface area contributed by atoms with Gasteiger partial charge in [0.25, 0.3) is 5.91 Å². The molecule has 0 aliphatic carbocycles. The molecule has 0 saturated heterocycles. The molecule has 3 amide bonds. The first kappa shape index (κ1) is 40.4. The minimum Gasteiger partial charge on any atom is -0.460 e. The van der Waals surface area contributed by atoms with Crippen LogP contribution >= 0.6 is 0 Å². The number of nitrogens with zero attached hydrogens (tertiary/aromatic N) is 1. The van der Waals surface area contributed by atoms with Gasteiger partial charge in [-0.05, 0) is 93.6 Å². The van der Waals surface area contributed by atoms with Gasteiger partial charge in [0.15, 0.2) is 0 Å². The number of unbranched alkanes of at least 4 members (excludes halogenated alkanes) is 3. The fraction of sp³-hybridized carbons (Fsp3) is 0.676. The van der Waals surface area contributed by atoms with Crippen LogP contribution in [-0.2, 0) is 33.4 Å². The van der Waals surface area contributed by atoms with Crippen LogP contribution in [0.25, 0.3) is 0 Å². The van der Waals surface area contributed by atoms with Gasteiger partial charge < -0.3 is 24.8 Å². The first-order valence-corrected chi connectivity index (χ1v) is 15.9. The fourth-order valence-electron chi connectivity index (χ4n) is 4.24. The van der Waals surface area contributed by atoms with Crippen molar-refractivity contribution in [2.75, 3.05) is 6.54 Å². The molecule has 0 aromatic heterocycles. The number of ether oxygens (including phenoxy) is 3. The van der Waals surface area contributed by atoms with E-state index in [1.165, 1.54) is 0 Å². The highest BCUT2D eigenvalue weighted by molar-refractivity contribution is 5.88. The highest BCUT2D eigenvalue weighted by Gasteiger charge is 2.31. The maximum atomic E-state index is 13.1. The largest absolute Gasteiger partial charge is 0.460 e. The summed E-state index contributed by atoms with van der Waals surface area (Å²) in [6, 6.07) is 8.44. The van der Waals surface area contributed by atoms with Crippen LogP contribution in [-0.4, -0.2) is 58.3 Å². The van der Waals surface area contributed by atoms with Gasteiger partial charge in [0.05, 0.1) is 5.92 Å². The van der Waals surface area contributed by atoms with Crippen molar-refractivity contribution in [1.29, 1.82) is 0 Å². The van der Waals surface area contributed by atoms with E-state index in [0.717, 1.165) is 10.5 Å². The standard InChI is InChI=1S/C34H55N3O9/c1-32(2,3)43-27(39)22-16-15-20-25(28(35)24-18-12-10-13-19-24)29(40)46-36-26(38)21-14-11-17-23-37(30(41)44-33(4,5)6)31(42)45-34(7,8)9/h10,12-13,18-19,25,28H,11,14-17,20-23,35H2,1-9H3,(H,36,38). The zero-order valence-corrected chi connectivity index (χ0v) is 29.1. The molecule has 46 heavy (non-hydrogen) atoms. The van der Waals surface area contributed by atoms with Crippen molar-refractivity contribution in [2.24, 2.45) is 11.7 Å². The monoisotopic (exact) mass is 649 g/mol. The van der Waals surface area contributed by atoms with Gasteiger partial charge in [0.2, 0.25) is 0 Å². The van der Waals surface area contributed by atoms with E-state index in [4.69, 9.17) is 24.8 Å². The third-order valence-corrected chi connectivity index (χ3v) is 6.27. The van der Waals surface area contributed by atoms with Gasteiger partial charge in [-0.3, -0.25) is 9.59 Å². The molecule has 0 fully saturated rings. The Bertz CT molecular complexity index is 1110. The second-order valence-corrected chi connectivity index (χ2v) is 14.2. The van der Waals surface area contributed by atoms with E-state index in [2.05, 4.69) is 5.48 Å². The lowest BCUT2D eigenvalue weighted by molar-refractivity contribution is -0.163. The summed E-state index contributed by atoms with van der Waals surface area (Å²) in [5.74, 6) is -2.24. The molecule has 12 heteroatoms. The number of esters is 1. The second-order valence-electron chi connectivity index (χ2n) is 14.2. The number of amides is 3. The van der Waals surface area contributed by atoms with Crippen molar-refractivity contribution in [2.45, 2.75) is 137 Å². The van der Waals surface area contributed by atoms with Crippen LogP contribution in [0.4, 0.5) is 9.59 Å². The van der Waals surface area contributed by atoms with Gasteiger partial charge in [-0.25, -0.2) is 19.3 Å². The SMILES string of the molecule is CC(C)(C)OC(=O)CCCCC(C(=O)ONC(=O)CCCCCN(C(=O)OC(C)(C)C)C(=O)OC(C)(C)C)C(N)c1ccccc1. The predicted octanol–water partition coefficient (Wildman–Crippen LogP) is 6.51. The molecule has 0 aliphatic rings. The Morgan fingerprint density at radius 3 is 1.76 bits per heavy atom. The summed E-state index contributed by atoms with van der Waals surface area (Å²) < 4.78 is 16.0. The predicted molar refractivity (Wildman–Crippen MR) is 173 cm³/mol. The number of hydroxylamine groups is 1. The highest BCUT2D eigenvalue weighted by Crippen LogP contribution is 2.26. The zero-order chi connectivity index (χ0) is 35.1. The van der Waals surface area contributed by atoms with E-state index in [0.29, 0.717) is 38.5 Å². The lowest BCUT2D eigenvalue weighted by Gasteiger charge is -2.28. The Balaban J connectivity index is 2.64. The smallest absolute Gasteiger partial charge is 0.419 e. The number of carbonyl (C=O) groups excluding carboxylic acids is 5. The number of hydrogen-bond acceptors (Lipinski definition) is 10. The van der Waals surface area contributed by atoms with Gasteiger partial charge >= 0.3 is 24.1 Å². The summed E-state index contributed by atoms with van der Waals surface area (Å²) in [5, 5.41) is 0. The topological polar surface area (TPSA) is 164 Å². The summed E-state index contributed by atoms with van der Waals surface area (Å²) >= 11 is 0. The van der Waals surface area contributed by atoms with Gasteiger partial charge in [0, 0.05) is 25.4 Å². The first-order valence-electron chi connectivity index (χ1n) is 15.9. The van der Waals surface area contributed by atoms with E-state index in [1.807, 2.05) is 30.3 Å². The maximum Gasteiger partial charge on any atom is 0.419 e. The summed E-state index contributed by atoms with van der Waals surface area (Å²) in [6.45, 7) is 15.7. The molecule has 12 nitrogen and oxygen atoms in total. The van der Waals surface area contributed by atoms with E-state index in [9.17, 15) is 24.0 Å². The van der Waals surface area contributed by atoms with Crippen LogP contribution < -0.4 is 11.2 Å². The zero-order valence-electron chi connectivity index (χ0n) is 29.1. The summed E-state index contributed by atoms with van der Waals surface area (Å²) in [7, 11) is 0. The van der Waals surface area contributed by atoms with Gasteiger partial charge in [-0.1, -0.05) is 43.2 Å². The molecule has 0 radical (unpaired) electrons. The maximum absolute atomic E-state index is 13.1. The molecule has 0 spiro atoms. The number of benzene rings is 1. The van der Waals surface area contributed by atoms with Crippen LogP contribution in [0.15, 0.2) is 30.3 Å². The Morgan fingerprint density at radius 1 is 0.717 bits per heavy atom. The number of nitrogens with two attached hydrogens (primary N) is 1. The quantitative estimate of drug-likeness (QED) is 0.0982. The number of imide groups is 1. The number of carbonyl (C=O) groups is 5. The summed E-state index contributed by atoms with van der Waals surface area (Å²) in [6.07, 6.45) is 1.35. The molecule has 0 aliphatic heterocycles. The van der Waals surface area contributed by atoms with E-state index in [-0.39, 0.29) is 25.4 Å². The lowest BCUT2D eigenvalue weighted by atomic mass is 9.89. The van der Waals surface area contributed by atoms with Crippen LogP contribution in [0.1, 0.15) is 125 Å². The van der Waals surface area contributed by atoms with Crippen LogP contribution in [0.5, 0.6) is 0 Å². The Morgan fingerprint density at radius 2 is 1.24 bits per heavy atom. The molecular formula is C34H55N3O9. The van der Waals surface area contributed by atoms with Crippen molar-refractivity contribution in [3.05, 3.63) is 35.9 Å². The van der Waals surface area contributed by atoms with Gasteiger partial charge in [-0.15, -0.1) is 0 Å². The van der Waals surface area contributed by atoms with Crippen molar-refractivity contribution in [1.82, 2.24) is 10.4 Å². The molecular weight excluding hydrogens is 594 g/mol. The normalized spacial score (nSPS) is 13.2. The molecule has 0 heterocycles. The minimum absolute atomic E-state index is 0.0490. The number of hydrogen-bond donors (Lipinski definition) is 2. The molecule has 0 bridgehead atoms. The van der Waals surface area contributed by atoms with Crippen molar-refractivity contribution < 1.29 is 43.0 Å². The fourth-order valence-corrected chi connectivity index (χ4v) is 4.24. The Hall–Kier alpha value is -3.67. The van der Waals surface area contributed by atoms with Crippen LogP contribution in [0.2, 0.25) is 0 Å². The van der Waals surface area contributed by atoms with Gasteiger partial charge in [0.1, 0.15) is 16.8 Å². The number of rotatable bonds is 14. The highest BCUT2D eigenvalue weighted by atomic mass is 16.7. The molecule has 260 valence electrons. The van der Waals surface area contributed by atoms with Crippen molar-refractivity contribution in [3.63, 3.8) is 0 Å². The molecule has 2 atom stereocenters. The third kappa shape index (κ3) is 17.7. The van der Waals surface area contributed by atoms with Crippen molar-refractivity contribution >= 4 is 30.0 Å². The molecule has 0 saturated carbocycles. The average Bonchev–Trinajstić information content (AvgIpc) is 2.90. The summed E-state index contributed by atoms with van der Waals surface area (Å²) in [5.41, 5.74) is 7.24. The lowest BCUT2D eigenvalue weighted by Crippen LogP contribution is -2.44. The van der Waals surface area contributed by atoms with E-state index < -0.39 is 52.8 Å². The summed E-state index contributed by atoms with van der Waals surface area (Å²) in [4.78, 5) is 68.9. The second kappa shape index (κ2) is 18.5. The van der Waals surface area contributed by atoms with Gasteiger partial charge in [-0.2, -0.15) is 5.48 Å². The molecule has 1 aromatic rings. The van der Waals surface area contributed by atoms with Crippen LogP contribution in [0, 0.1) is 5.92 Å². The molecule has 3 N–H and O–H groups in total.